The number of aliphatic carboxylic acids is 1. The number of rotatable bonds is 4. The van der Waals surface area contributed by atoms with Crippen molar-refractivity contribution in [3.8, 4) is 0 Å². The second-order valence-electron chi connectivity index (χ2n) is 6.51. The molecule has 1 saturated carbocycles. The molecule has 19 heavy (non-hydrogen) atoms. The van der Waals surface area contributed by atoms with Crippen LogP contribution in [0.4, 0.5) is 0 Å². The molecule has 2 rings (SSSR count). The Labute approximate surface area is 113 Å². The number of carbonyl (C=O) groups is 3. The Kier molecular flexibility index (Phi) is 2.99. The first kappa shape index (κ1) is 14.0. The fourth-order valence-corrected chi connectivity index (χ4v) is 2.86. The van der Waals surface area contributed by atoms with Gasteiger partial charge in [0.05, 0.1) is 5.41 Å². The summed E-state index contributed by atoms with van der Waals surface area (Å²) >= 11 is 0. The highest BCUT2D eigenvalue weighted by atomic mass is 16.4. The van der Waals surface area contributed by atoms with Crippen LogP contribution in [-0.2, 0) is 14.4 Å². The minimum Gasteiger partial charge on any atom is -0.479 e. The molecule has 0 bridgehead atoms. The van der Waals surface area contributed by atoms with E-state index in [0.717, 1.165) is 17.7 Å². The van der Waals surface area contributed by atoms with E-state index in [1.807, 2.05) is 13.8 Å². The molecule has 2 unspecified atom stereocenters. The minimum atomic E-state index is -1.37. The van der Waals surface area contributed by atoms with E-state index < -0.39 is 16.9 Å². The van der Waals surface area contributed by atoms with E-state index in [-0.39, 0.29) is 30.1 Å². The molecule has 2 amide bonds. The molecular formula is C14H21NO4. The fraction of sp³-hybridized carbons (Fsp3) is 0.786. The number of amides is 2. The van der Waals surface area contributed by atoms with Gasteiger partial charge in [-0.25, -0.2) is 4.79 Å². The molecule has 2 atom stereocenters. The summed E-state index contributed by atoms with van der Waals surface area (Å²) in [5.41, 5.74) is -2.15. The summed E-state index contributed by atoms with van der Waals surface area (Å²) in [6.45, 7) is 7.05. The summed E-state index contributed by atoms with van der Waals surface area (Å²) in [4.78, 5) is 37.5. The smallest absolute Gasteiger partial charge is 0.330 e. The Hall–Kier alpha value is -1.39. The summed E-state index contributed by atoms with van der Waals surface area (Å²) in [7, 11) is 0. The summed E-state index contributed by atoms with van der Waals surface area (Å²) < 4.78 is 0. The van der Waals surface area contributed by atoms with E-state index >= 15 is 0 Å². The van der Waals surface area contributed by atoms with Crippen molar-refractivity contribution in [2.45, 2.75) is 52.5 Å². The zero-order valence-electron chi connectivity index (χ0n) is 11.9. The Balaban J connectivity index is 2.42. The monoisotopic (exact) mass is 267 g/mol. The van der Waals surface area contributed by atoms with Gasteiger partial charge in [-0.3, -0.25) is 14.5 Å². The normalized spacial score (nSPS) is 30.9. The average Bonchev–Trinajstić information content (AvgIpc) is 3.08. The number of hydrogen-bond donors (Lipinski definition) is 1. The lowest BCUT2D eigenvalue weighted by atomic mass is 9.77. The van der Waals surface area contributed by atoms with Gasteiger partial charge >= 0.3 is 5.97 Å². The molecule has 5 nitrogen and oxygen atoms in total. The summed E-state index contributed by atoms with van der Waals surface area (Å²) in [6.07, 6.45) is 1.63. The highest BCUT2D eigenvalue weighted by Crippen LogP contribution is 2.49. The first-order valence-electron chi connectivity index (χ1n) is 6.76. The van der Waals surface area contributed by atoms with Crippen molar-refractivity contribution in [2.75, 3.05) is 0 Å². The third kappa shape index (κ3) is 1.78. The molecule has 1 aliphatic carbocycles. The van der Waals surface area contributed by atoms with Gasteiger partial charge in [-0.1, -0.05) is 13.8 Å². The third-order valence-corrected chi connectivity index (χ3v) is 5.00. The molecule has 0 spiro atoms. The van der Waals surface area contributed by atoms with Crippen LogP contribution >= 0.6 is 0 Å². The van der Waals surface area contributed by atoms with E-state index in [1.165, 1.54) is 6.92 Å². The first-order chi connectivity index (χ1) is 8.65. The number of imide groups is 1. The molecule has 1 heterocycles. The van der Waals surface area contributed by atoms with Gasteiger partial charge in [-0.05, 0) is 38.5 Å². The molecule has 0 aromatic heterocycles. The predicted octanol–water partition coefficient (Wildman–Crippen LogP) is 1.66. The van der Waals surface area contributed by atoms with Crippen LogP contribution in [-0.4, -0.2) is 33.3 Å². The zero-order chi connectivity index (χ0) is 14.6. The maximum absolute atomic E-state index is 12.6. The third-order valence-electron chi connectivity index (χ3n) is 5.00. The molecule has 1 N–H and O–H groups in total. The van der Waals surface area contributed by atoms with E-state index in [2.05, 4.69) is 0 Å². The Morgan fingerprint density at radius 3 is 2.26 bits per heavy atom. The molecule has 1 saturated heterocycles. The maximum atomic E-state index is 12.6. The van der Waals surface area contributed by atoms with Gasteiger partial charge in [0.2, 0.25) is 11.8 Å². The quantitative estimate of drug-likeness (QED) is 0.786. The standard InChI is InChI=1S/C14H21NO4/c1-8(2)13(3)7-10(16)15(11(13)17)14(4,12(18)19)9-5-6-9/h8-9H,5-7H2,1-4H3,(H,18,19). The van der Waals surface area contributed by atoms with Crippen molar-refractivity contribution in [3.05, 3.63) is 0 Å². The number of carboxylic acid groups (broad SMARTS) is 1. The lowest BCUT2D eigenvalue weighted by molar-refractivity contribution is -0.165. The number of likely N-dealkylation sites (tertiary alicyclic amines) is 1. The number of carboxylic acids is 1. The molecule has 106 valence electrons. The van der Waals surface area contributed by atoms with Crippen LogP contribution in [0.5, 0.6) is 0 Å². The molecule has 5 heteroatoms. The number of nitrogens with zero attached hydrogens (tertiary/aromatic N) is 1. The fourth-order valence-electron chi connectivity index (χ4n) is 2.86. The van der Waals surface area contributed by atoms with Crippen LogP contribution in [0, 0.1) is 17.3 Å². The van der Waals surface area contributed by atoms with Crippen LogP contribution in [0.25, 0.3) is 0 Å². The molecule has 0 aromatic carbocycles. The van der Waals surface area contributed by atoms with Crippen LogP contribution in [0.15, 0.2) is 0 Å². The van der Waals surface area contributed by atoms with Gasteiger partial charge in [0.25, 0.3) is 0 Å². The van der Waals surface area contributed by atoms with Crippen LogP contribution in [0.3, 0.4) is 0 Å². The second kappa shape index (κ2) is 4.05. The number of carbonyl (C=O) groups excluding carboxylic acids is 2. The lowest BCUT2D eigenvalue weighted by Gasteiger charge is -2.35. The van der Waals surface area contributed by atoms with Crippen molar-refractivity contribution in [2.24, 2.45) is 17.3 Å². The molecule has 0 aromatic rings. The highest BCUT2D eigenvalue weighted by Gasteiger charge is 2.62. The highest BCUT2D eigenvalue weighted by molar-refractivity contribution is 6.09. The van der Waals surface area contributed by atoms with Gasteiger partial charge in [0, 0.05) is 6.42 Å². The van der Waals surface area contributed by atoms with Gasteiger partial charge < -0.3 is 5.11 Å². The van der Waals surface area contributed by atoms with Crippen LogP contribution in [0.1, 0.15) is 47.0 Å². The van der Waals surface area contributed by atoms with Crippen LogP contribution < -0.4 is 0 Å². The second-order valence-corrected chi connectivity index (χ2v) is 6.51. The Morgan fingerprint density at radius 1 is 1.42 bits per heavy atom. The Morgan fingerprint density at radius 2 is 1.95 bits per heavy atom. The van der Waals surface area contributed by atoms with E-state index in [0.29, 0.717) is 0 Å². The molecule has 2 aliphatic rings. The van der Waals surface area contributed by atoms with Crippen molar-refractivity contribution >= 4 is 17.8 Å². The summed E-state index contributed by atoms with van der Waals surface area (Å²) in [5, 5.41) is 9.50. The van der Waals surface area contributed by atoms with Gasteiger partial charge in [0.1, 0.15) is 5.54 Å². The van der Waals surface area contributed by atoms with Gasteiger partial charge in [-0.15, -0.1) is 0 Å². The SMILES string of the molecule is CC(C)C1(C)CC(=O)N(C(C)(C(=O)O)C2CC2)C1=O. The predicted molar refractivity (Wildman–Crippen MR) is 68.2 cm³/mol. The first-order valence-corrected chi connectivity index (χ1v) is 6.76. The van der Waals surface area contributed by atoms with Crippen molar-refractivity contribution in [1.82, 2.24) is 4.90 Å². The minimum absolute atomic E-state index is 0.00574. The lowest BCUT2D eigenvalue weighted by Crippen LogP contribution is -2.57. The zero-order valence-corrected chi connectivity index (χ0v) is 11.9. The molecule has 0 radical (unpaired) electrons. The van der Waals surface area contributed by atoms with Crippen molar-refractivity contribution in [1.29, 1.82) is 0 Å². The van der Waals surface area contributed by atoms with Crippen molar-refractivity contribution < 1.29 is 19.5 Å². The van der Waals surface area contributed by atoms with Gasteiger partial charge in [-0.2, -0.15) is 0 Å². The number of hydrogen-bond acceptors (Lipinski definition) is 3. The Bertz CT molecular complexity index is 454. The van der Waals surface area contributed by atoms with Gasteiger partial charge in [0.15, 0.2) is 0 Å². The summed E-state index contributed by atoms with van der Waals surface area (Å²) in [6, 6.07) is 0. The molecule has 1 aliphatic heterocycles. The largest absolute Gasteiger partial charge is 0.479 e. The molecule has 2 fully saturated rings. The summed E-state index contributed by atoms with van der Waals surface area (Å²) in [5.74, 6) is -1.86. The van der Waals surface area contributed by atoms with E-state index in [1.54, 1.807) is 6.92 Å². The van der Waals surface area contributed by atoms with Crippen LogP contribution in [0.2, 0.25) is 0 Å². The van der Waals surface area contributed by atoms with E-state index in [4.69, 9.17) is 0 Å². The molecular weight excluding hydrogens is 246 g/mol. The topological polar surface area (TPSA) is 74.7 Å². The van der Waals surface area contributed by atoms with Crippen molar-refractivity contribution in [3.63, 3.8) is 0 Å². The maximum Gasteiger partial charge on any atom is 0.330 e. The van der Waals surface area contributed by atoms with E-state index in [9.17, 15) is 19.5 Å². The average molecular weight is 267 g/mol.